The van der Waals surface area contributed by atoms with Crippen molar-refractivity contribution in [2.45, 2.75) is 11.8 Å². The number of hydrogen-bond donors (Lipinski definition) is 1. The number of anilines is 1. The second kappa shape index (κ2) is 11.9. The van der Waals surface area contributed by atoms with Gasteiger partial charge in [-0.25, -0.2) is 13.2 Å². The molecule has 0 bridgehead atoms. The zero-order valence-corrected chi connectivity index (χ0v) is 19.3. The maximum Gasteiger partial charge on any atom is 0.341 e. The molecule has 0 aliphatic carbocycles. The predicted octanol–water partition coefficient (Wildman–Crippen LogP) is 2.46. The number of rotatable bonds is 12. The number of nitrogens with zero attached hydrogens (tertiary/aromatic N) is 1. The van der Waals surface area contributed by atoms with Crippen molar-refractivity contribution in [1.29, 1.82) is 0 Å². The quantitative estimate of drug-likeness (QED) is 0.474. The first kappa shape index (κ1) is 25.0. The summed E-state index contributed by atoms with van der Waals surface area (Å²) in [5.41, 5.74) is 0.522. The molecule has 0 saturated carbocycles. The molecule has 0 atom stereocenters. The monoisotopic (exact) mass is 470 g/mol. The molecule has 2 aromatic rings. The number of amides is 1. The lowest BCUT2D eigenvalue weighted by Gasteiger charge is -2.21. The molecule has 11 heteroatoms. The van der Waals surface area contributed by atoms with E-state index >= 15 is 0 Å². The van der Waals surface area contributed by atoms with E-state index in [1.165, 1.54) is 54.1 Å². The van der Waals surface area contributed by atoms with Crippen LogP contribution >= 0.6 is 11.3 Å². The van der Waals surface area contributed by atoms with E-state index in [4.69, 9.17) is 14.2 Å². The Bertz CT molecular complexity index is 964. The van der Waals surface area contributed by atoms with Crippen LogP contribution in [0.15, 0.2) is 40.6 Å². The molecule has 0 unspecified atom stereocenters. The van der Waals surface area contributed by atoms with Crippen molar-refractivity contribution in [3.05, 3.63) is 46.8 Å². The lowest BCUT2D eigenvalue weighted by atomic mass is 10.2. The van der Waals surface area contributed by atoms with Crippen molar-refractivity contribution < 1.29 is 32.2 Å². The molecule has 0 radical (unpaired) electrons. The fourth-order valence-electron chi connectivity index (χ4n) is 2.62. The van der Waals surface area contributed by atoms with Gasteiger partial charge in [0.25, 0.3) is 5.91 Å². The van der Waals surface area contributed by atoms with E-state index < -0.39 is 21.9 Å². The molecule has 0 aliphatic heterocycles. The van der Waals surface area contributed by atoms with Gasteiger partial charge in [-0.05, 0) is 42.6 Å². The van der Waals surface area contributed by atoms with Gasteiger partial charge in [0.2, 0.25) is 10.0 Å². The normalized spacial score (nSPS) is 11.5. The zero-order valence-electron chi connectivity index (χ0n) is 17.6. The van der Waals surface area contributed by atoms with Gasteiger partial charge in [0.05, 0.1) is 30.3 Å². The Hall–Kier alpha value is -2.31. The molecule has 31 heavy (non-hydrogen) atoms. The fraction of sp³-hybridized carbons (Fsp3) is 0.400. The molecule has 1 amide bonds. The summed E-state index contributed by atoms with van der Waals surface area (Å²) in [6.07, 6.45) is 0. The Morgan fingerprint density at radius 3 is 2.19 bits per heavy atom. The Labute approximate surface area is 186 Å². The number of sulfonamides is 1. The van der Waals surface area contributed by atoms with Gasteiger partial charge in [0, 0.05) is 32.9 Å². The molecule has 2 rings (SSSR count). The highest BCUT2D eigenvalue weighted by molar-refractivity contribution is 7.89. The Balaban J connectivity index is 2.16. The smallest absolute Gasteiger partial charge is 0.341 e. The summed E-state index contributed by atoms with van der Waals surface area (Å²) in [5.74, 6) is -0.986. The van der Waals surface area contributed by atoms with E-state index in [-0.39, 0.29) is 48.9 Å². The molecule has 9 nitrogen and oxygen atoms in total. The molecule has 0 fully saturated rings. The second-order valence-electron chi connectivity index (χ2n) is 6.25. The maximum absolute atomic E-state index is 12.9. The van der Waals surface area contributed by atoms with Gasteiger partial charge in [0.15, 0.2) is 0 Å². The fourth-order valence-corrected chi connectivity index (χ4v) is 4.79. The Morgan fingerprint density at radius 1 is 1.03 bits per heavy atom. The number of carbonyl (C=O) groups is 2. The van der Waals surface area contributed by atoms with E-state index in [0.717, 1.165) is 0 Å². The summed E-state index contributed by atoms with van der Waals surface area (Å²) in [5, 5.41) is 4.71. The first-order valence-corrected chi connectivity index (χ1v) is 11.8. The lowest BCUT2D eigenvalue weighted by molar-refractivity contribution is 0.0528. The summed E-state index contributed by atoms with van der Waals surface area (Å²) < 4.78 is 42.1. The number of methoxy groups -OCH3 is 2. The van der Waals surface area contributed by atoms with E-state index in [1.54, 1.807) is 18.4 Å². The number of esters is 1. The van der Waals surface area contributed by atoms with Gasteiger partial charge in [-0.1, -0.05) is 0 Å². The number of carbonyl (C=O) groups excluding carboxylic acids is 2. The average molecular weight is 471 g/mol. The number of nitrogens with one attached hydrogen (secondary N) is 1. The second-order valence-corrected chi connectivity index (χ2v) is 9.11. The molecule has 1 heterocycles. The molecule has 0 aliphatic rings. The van der Waals surface area contributed by atoms with Crippen molar-refractivity contribution in [3.63, 3.8) is 0 Å². The van der Waals surface area contributed by atoms with E-state index in [9.17, 15) is 18.0 Å². The summed E-state index contributed by atoms with van der Waals surface area (Å²) in [7, 11) is -0.789. The highest BCUT2D eigenvalue weighted by Gasteiger charge is 2.24. The molecule has 0 spiro atoms. The third-order valence-corrected chi connectivity index (χ3v) is 6.97. The average Bonchev–Trinajstić information content (AvgIpc) is 3.22. The first-order valence-electron chi connectivity index (χ1n) is 9.49. The van der Waals surface area contributed by atoms with Crippen LogP contribution in [-0.4, -0.2) is 71.7 Å². The van der Waals surface area contributed by atoms with Crippen molar-refractivity contribution >= 4 is 38.2 Å². The third-order valence-electron chi connectivity index (χ3n) is 4.23. The highest BCUT2D eigenvalue weighted by atomic mass is 32.2. The summed E-state index contributed by atoms with van der Waals surface area (Å²) in [6, 6.07) is 7.16. The molecular weight excluding hydrogens is 444 g/mol. The summed E-state index contributed by atoms with van der Waals surface area (Å²) >= 11 is 1.19. The van der Waals surface area contributed by atoms with Crippen molar-refractivity contribution in [3.8, 4) is 0 Å². The van der Waals surface area contributed by atoms with Crippen LogP contribution in [0.5, 0.6) is 0 Å². The van der Waals surface area contributed by atoms with Crippen LogP contribution in [0, 0.1) is 0 Å². The third kappa shape index (κ3) is 6.58. The minimum absolute atomic E-state index is 0.0552. The predicted molar refractivity (Wildman–Crippen MR) is 117 cm³/mol. The van der Waals surface area contributed by atoms with Gasteiger partial charge in [-0.15, -0.1) is 11.3 Å². The Kier molecular flexibility index (Phi) is 9.59. The van der Waals surface area contributed by atoms with E-state index in [1.807, 2.05) is 0 Å². The van der Waals surface area contributed by atoms with Gasteiger partial charge in [0.1, 0.15) is 5.00 Å². The SMILES string of the molecule is CCOC(=O)c1ccsc1NC(=O)c1ccc(S(=O)(=O)N(CCOC)CCOC)cc1. The zero-order chi connectivity index (χ0) is 22.9. The van der Waals surface area contributed by atoms with Crippen LogP contribution in [0.4, 0.5) is 5.00 Å². The first-order chi connectivity index (χ1) is 14.8. The number of benzene rings is 1. The highest BCUT2D eigenvalue weighted by Crippen LogP contribution is 2.25. The standard InChI is InChI=1S/C20H26N2O7S2/c1-4-29-20(24)17-9-14-30-19(17)21-18(23)15-5-7-16(8-6-15)31(25,26)22(10-12-27-2)11-13-28-3/h5-9,14H,4,10-13H2,1-3H3,(H,21,23). The summed E-state index contributed by atoms with van der Waals surface area (Å²) in [4.78, 5) is 24.6. The van der Waals surface area contributed by atoms with Crippen molar-refractivity contribution in [2.75, 3.05) is 52.4 Å². The molecule has 1 N–H and O–H groups in total. The van der Waals surface area contributed by atoms with Gasteiger partial charge in [-0.3, -0.25) is 4.79 Å². The minimum atomic E-state index is -3.78. The van der Waals surface area contributed by atoms with Gasteiger partial charge >= 0.3 is 5.97 Å². The van der Waals surface area contributed by atoms with Gasteiger partial charge < -0.3 is 19.5 Å². The van der Waals surface area contributed by atoms with Crippen LogP contribution in [0.1, 0.15) is 27.6 Å². The molecular formula is C20H26N2O7S2. The van der Waals surface area contributed by atoms with E-state index in [0.29, 0.717) is 5.00 Å². The largest absolute Gasteiger partial charge is 0.462 e. The number of hydrogen-bond acceptors (Lipinski definition) is 8. The van der Waals surface area contributed by atoms with E-state index in [2.05, 4.69) is 5.32 Å². The molecule has 0 saturated heterocycles. The number of thiophene rings is 1. The van der Waals surface area contributed by atoms with Crippen LogP contribution in [0.3, 0.4) is 0 Å². The lowest BCUT2D eigenvalue weighted by Crippen LogP contribution is -2.36. The van der Waals surface area contributed by atoms with Gasteiger partial charge in [-0.2, -0.15) is 4.31 Å². The minimum Gasteiger partial charge on any atom is -0.462 e. The maximum atomic E-state index is 12.9. The Morgan fingerprint density at radius 2 is 1.65 bits per heavy atom. The molecule has 1 aromatic heterocycles. The number of ether oxygens (including phenoxy) is 3. The van der Waals surface area contributed by atoms with Crippen molar-refractivity contribution in [1.82, 2.24) is 4.31 Å². The topological polar surface area (TPSA) is 111 Å². The molecule has 170 valence electrons. The van der Waals surface area contributed by atoms with Crippen molar-refractivity contribution in [2.24, 2.45) is 0 Å². The molecule has 1 aromatic carbocycles. The van der Waals surface area contributed by atoms with Crippen LogP contribution in [0.2, 0.25) is 0 Å². The van der Waals surface area contributed by atoms with Crippen LogP contribution in [0.25, 0.3) is 0 Å². The van der Waals surface area contributed by atoms with Crippen LogP contribution < -0.4 is 5.32 Å². The van der Waals surface area contributed by atoms with Crippen LogP contribution in [-0.2, 0) is 24.2 Å². The summed E-state index contributed by atoms with van der Waals surface area (Å²) in [6.45, 7) is 2.77.